The van der Waals surface area contributed by atoms with Crippen molar-refractivity contribution in [1.82, 2.24) is 0 Å². The van der Waals surface area contributed by atoms with Crippen LogP contribution in [0, 0.1) is 0 Å². The maximum Gasteiger partial charge on any atom is 0.303 e. The summed E-state index contributed by atoms with van der Waals surface area (Å²) in [6.45, 7) is 2.19. The summed E-state index contributed by atoms with van der Waals surface area (Å²) >= 11 is 0. The topological polar surface area (TPSA) is 77.8 Å². The Morgan fingerprint density at radius 1 is 1.05 bits per heavy atom. The quantitative estimate of drug-likeness (QED) is 0.336. The van der Waals surface area contributed by atoms with Crippen molar-refractivity contribution in [2.75, 3.05) is 0 Å². The van der Waals surface area contributed by atoms with Gasteiger partial charge in [0, 0.05) is 12.8 Å². The molecule has 3 N–H and O–H groups in total. The molecule has 22 heavy (non-hydrogen) atoms. The van der Waals surface area contributed by atoms with Crippen LogP contribution in [0.5, 0.6) is 0 Å². The van der Waals surface area contributed by atoms with Crippen molar-refractivity contribution >= 4 is 5.97 Å². The summed E-state index contributed by atoms with van der Waals surface area (Å²) < 4.78 is 0. The Morgan fingerprint density at radius 3 is 2.50 bits per heavy atom. The first-order valence-corrected chi connectivity index (χ1v) is 8.45. The molecule has 0 aromatic carbocycles. The molecule has 4 nitrogen and oxygen atoms in total. The van der Waals surface area contributed by atoms with Gasteiger partial charge in [0.2, 0.25) is 0 Å². The molecule has 128 valence electrons. The molecule has 0 aliphatic heterocycles. The summed E-state index contributed by atoms with van der Waals surface area (Å²) in [5.74, 6) is -0.805. The highest BCUT2D eigenvalue weighted by Gasteiger charge is 2.09. The van der Waals surface area contributed by atoms with E-state index >= 15 is 0 Å². The number of hydrogen-bond acceptors (Lipinski definition) is 3. The Morgan fingerprint density at radius 2 is 1.82 bits per heavy atom. The monoisotopic (exact) mass is 312 g/mol. The zero-order valence-electron chi connectivity index (χ0n) is 13.8. The van der Waals surface area contributed by atoms with Crippen molar-refractivity contribution in [1.29, 1.82) is 0 Å². The van der Waals surface area contributed by atoms with E-state index < -0.39 is 18.2 Å². The van der Waals surface area contributed by atoms with E-state index in [2.05, 4.69) is 19.1 Å². The molecule has 0 heterocycles. The van der Waals surface area contributed by atoms with Crippen LogP contribution in [-0.4, -0.2) is 33.5 Å². The third-order valence-corrected chi connectivity index (χ3v) is 3.46. The zero-order valence-corrected chi connectivity index (χ0v) is 13.8. The van der Waals surface area contributed by atoms with Crippen molar-refractivity contribution < 1.29 is 20.1 Å². The number of aliphatic hydroxyl groups is 2. The first-order valence-electron chi connectivity index (χ1n) is 8.45. The van der Waals surface area contributed by atoms with E-state index in [4.69, 9.17) is 5.11 Å². The van der Waals surface area contributed by atoms with Crippen LogP contribution < -0.4 is 0 Å². The number of carbonyl (C=O) groups is 1. The highest BCUT2D eigenvalue weighted by atomic mass is 16.4. The molecule has 0 aromatic rings. The van der Waals surface area contributed by atoms with E-state index in [1.165, 1.54) is 19.3 Å². The van der Waals surface area contributed by atoms with E-state index in [0.29, 0.717) is 25.7 Å². The molecule has 0 amide bonds. The number of aliphatic hydroxyl groups excluding tert-OH is 2. The van der Waals surface area contributed by atoms with Gasteiger partial charge in [0.25, 0.3) is 0 Å². The van der Waals surface area contributed by atoms with E-state index in [-0.39, 0.29) is 6.42 Å². The average Bonchev–Trinajstić information content (AvgIpc) is 2.46. The van der Waals surface area contributed by atoms with E-state index in [1.807, 2.05) is 6.08 Å². The maximum absolute atomic E-state index is 10.3. The van der Waals surface area contributed by atoms with Crippen LogP contribution in [0.15, 0.2) is 24.3 Å². The van der Waals surface area contributed by atoms with Gasteiger partial charge in [0.1, 0.15) is 0 Å². The van der Waals surface area contributed by atoms with Gasteiger partial charge >= 0.3 is 5.97 Å². The first-order chi connectivity index (χ1) is 10.6. The van der Waals surface area contributed by atoms with Crippen LogP contribution in [0.1, 0.15) is 71.1 Å². The van der Waals surface area contributed by atoms with E-state index in [0.717, 1.165) is 12.8 Å². The minimum Gasteiger partial charge on any atom is -0.481 e. The lowest BCUT2D eigenvalue weighted by atomic mass is 10.0. The molecule has 0 saturated carbocycles. The third-order valence-electron chi connectivity index (χ3n) is 3.46. The molecule has 0 fully saturated rings. The molecule has 2 atom stereocenters. The number of aliphatic carboxylic acids is 1. The van der Waals surface area contributed by atoms with Crippen LogP contribution >= 0.6 is 0 Å². The summed E-state index contributed by atoms with van der Waals surface area (Å²) in [5, 5.41) is 28.0. The molecule has 0 radical (unpaired) electrons. The highest BCUT2D eigenvalue weighted by Crippen LogP contribution is 2.10. The van der Waals surface area contributed by atoms with E-state index in [1.54, 1.807) is 6.08 Å². The van der Waals surface area contributed by atoms with Crippen molar-refractivity contribution in [2.45, 2.75) is 83.3 Å². The van der Waals surface area contributed by atoms with Gasteiger partial charge in [0.05, 0.1) is 12.2 Å². The fourth-order valence-corrected chi connectivity index (χ4v) is 2.17. The molecule has 0 saturated heterocycles. The zero-order chi connectivity index (χ0) is 16.6. The Balaban J connectivity index is 3.63. The number of carboxylic acid groups (broad SMARTS) is 1. The second kappa shape index (κ2) is 14.8. The molecule has 0 aliphatic carbocycles. The standard InChI is InChI=1S/C18H32O4/c1-2-3-4-5-6-7-8-9-12-16(19)15-17(20)13-10-11-14-18(21)22/h6-7,9,12,16-17,19-20H,2-5,8,10-11,13-15H2,1H3,(H,21,22)/b7-6-,12-9-/t16-,17-/m0/s1. The molecule has 4 heteroatoms. The summed E-state index contributed by atoms with van der Waals surface area (Å²) in [7, 11) is 0. The summed E-state index contributed by atoms with van der Waals surface area (Å²) in [4.78, 5) is 10.3. The molecular formula is C18H32O4. The second-order valence-corrected chi connectivity index (χ2v) is 5.73. The van der Waals surface area contributed by atoms with Crippen LogP contribution in [0.4, 0.5) is 0 Å². The Hall–Kier alpha value is -1.13. The number of unbranched alkanes of at least 4 members (excludes halogenated alkanes) is 4. The molecule has 0 aromatic heterocycles. The van der Waals surface area contributed by atoms with Crippen LogP contribution in [0.2, 0.25) is 0 Å². The number of rotatable bonds is 14. The number of carboxylic acids is 1. The minimum atomic E-state index is -0.805. The molecule has 0 rings (SSSR count). The van der Waals surface area contributed by atoms with Gasteiger partial charge in [-0.05, 0) is 32.1 Å². The summed E-state index contributed by atoms with van der Waals surface area (Å²) in [6, 6.07) is 0. The second-order valence-electron chi connectivity index (χ2n) is 5.73. The van der Waals surface area contributed by atoms with Gasteiger partial charge in [-0.25, -0.2) is 0 Å². The lowest BCUT2D eigenvalue weighted by Gasteiger charge is -2.12. The van der Waals surface area contributed by atoms with Crippen LogP contribution in [-0.2, 0) is 4.79 Å². The molecular weight excluding hydrogens is 280 g/mol. The van der Waals surface area contributed by atoms with Gasteiger partial charge in [0.15, 0.2) is 0 Å². The molecule has 0 bridgehead atoms. The van der Waals surface area contributed by atoms with Crippen molar-refractivity contribution in [3.63, 3.8) is 0 Å². The Kier molecular flexibility index (Phi) is 14.0. The normalized spacial score (nSPS) is 14.7. The Labute approximate surface area is 134 Å². The highest BCUT2D eigenvalue weighted by molar-refractivity contribution is 5.66. The van der Waals surface area contributed by atoms with Gasteiger partial charge in [-0.2, -0.15) is 0 Å². The van der Waals surface area contributed by atoms with Gasteiger partial charge in [-0.15, -0.1) is 0 Å². The predicted molar refractivity (Wildman–Crippen MR) is 89.8 cm³/mol. The minimum absolute atomic E-state index is 0.139. The molecule has 0 aliphatic rings. The summed E-state index contributed by atoms with van der Waals surface area (Å²) in [6.07, 6.45) is 14.6. The average molecular weight is 312 g/mol. The fourth-order valence-electron chi connectivity index (χ4n) is 2.17. The van der Waals surface area contributed by atoms with Gasteiger partial charge < -0.3 is 15.3 Å². The summed E-state index contributed by atoms with van der Waals surface area (Å²) in [5.41, 5.74) is 0. The third kappa shape index (κ3) is 15.3. The van der Waals surface area contributed by atoms with Gasteiger partial charge in [-0.3, -0.25) is 4.79 Å². The van der Waals surface area contributed by atoms with Crippen LogP contribution in [0.3, 0.4) is 0 Å². The van der Waals surface area contributed by atoms with Crippen molar-refractivity contribution in [2.24, 2.45) is 0 Å². The number of hydrogen-bond donors (Lipinski definition) is 3. The van der Waals surface area contributed by atoms with Crippen LogP contribution in [0.25, 0.3) is 0 Å². The SMILES string of the molecule is CCCCC/C=C\C/C=C\[C@H](O)C[C@@H](O)CCCCC(=O)O. The Bertz CT molecular complexity index is 323. The lowest BCUT2D eigenvalue weighted by molar-refractivity contribution is -0.137. The smallest absolute Gasteiger partial charge is 0.303 e. The number of allylic oxidation sites excluding steroid dienone is 3. The first kappa shape index (κ1) is 20.9. The fraction of sp³-hybridized carbons (Fsp3) is 0.722. The molecule has 0 spiro atoms. The maximum atomic E-state index is 10.3. The molecule has 0 unspecified atom stereocenters. The van der Waals surface area contributed by atoms with Crippen molar-refractivity contribution in [3.05, 3.63) is 24.3 Å². The van der Waals surface area contributed by atoms with E-state index in [9.17, 15) is 15.0 Å². The lowest BCUT2D eigenvalue weighted by Crippen LogP contribution is -2.15. The van der Waals surface area contributed by atoms with Gasteiger partial charge in [-0.1, -0.05) is 50.5 Å². The predicted octanol–water partition coefficient (Wildman–Crippen LogP) is 3.83. The largest absolute Gasteiger partial charge is 0.481 e. The van der Waals surface area contributed by atoms with Crippen molar-refractivity contribution in [3.8, 4) is 0 Å².